The molecule has 1 aliphatic heterocycles. The van der Waals surface area contributed by atoms with Crippen molar-refractivity contribution in [3.63, 3.8) is 0 Å². The van der Waals surface area contributed by atoms with Crippen LogP contribution in [0.3, 0.4) is 0 Å². The Kier molecular flexibility index (Phi) is 5.83. The molecule has 0 radical (unpaired) electrons. The van der Waals surface area contributed by atoms with Gasteiger partial charge in [-0.2, -0.15) is 0 Å². The first-order valence-electron chi connectivity index (χ1n) is 8.54. The summed E-state index contributed by atoms with van der Waals surface area (Å²) in [5.41, 5.74) is 0.429. The maximum atomic E-state index is 12.4. The van der Waals surface area contributed by atoms with Gasteiger partial charge in [-0.1, -0.05) is 12.1 Å². The highest BCUT2D eigenvalue weighted by atomic mass is 32.2. The smallest absolute Gasteiger partial charge is 0.326 e. The van der Waals surface area contributed by atoms with E-state index in [1.54, 1.807) is 32.0 Å². The van der Waals surface area contributed by atoms with Crippen LogP contribution in [0.4, 0.5) is 10.5 Å². The zero-order valence-corrected chi connectivity index (χ0v) is 16.3. The summed E-state index contributed by atoms with van der Waals surface area (Å²) >= 11 is 0.690. The molecule has 2 heterocycles. The number of esters is 1. The summed E-state index contributed by atoms with van der Waals surface area (Å²) in [6.07, 6.45) is 1.04. The number of ether oxygens (including phenoxy) is 1. The second kappa shape index (κ2) is 8.31. The number of carbonyl (C=O) groups is 3. The molecule has 1 aromatic heterocycles. The minimum Gasteiger partial charge on any atom is -0.462 e. The predicted molar refractivity (Wildman–Crippen MR) is 105 cm³/mol. The molecule has 0 aliphatic carbocycles. The van der Waals surface area contributed by atoms with Crippen molar-refractivity contribution in [2.24, 2.45) is 0 Å². The number of furan rings is 1. The lowest BCUT2D eigenvalue weighted by atomic mass is 10.1. The van der Waals surface area contributed by atoms with Crippen LogP contribution in [0.25, 0.3) is 17.4 Å². The number of carbonyl (C=O) groups excluding carboxylic acids is 3. The van der Waals surface area contributed by atoms with E-state index in [-0.39, 0.29) is 16.7 Å². The first kappa shape index (κ1) is 20.3. The SMILES string of the molecule is CC(C)OC(=O)CN1C(=O)S/C(=C\c2ccc(-c3cccc([N+](=O)[O-])c3)o2)C1=O. The normalized spacial score (nSPS) is 15.4. The number of nitrogens with zero attached hydrogens (tertiary/aromatic N) is 2. The monoisotopic (exact) mass is 416 g/mol. The van der Waals surface area contributed by atoms with Gasteiger partial charge in [0, 0.05) is 23.8 Å². The fourth-order valence-corrected chi connectivity index (χ4v) is 3.37. The van der Waals surface area contributed by atoms with Crippen LogP contribution in [0.1, 0.15) is 19.6 Å². The third-order valence-electron chi connectivity index (χ3n) is 3.77. The Bertz CT molecular complexity index is 1030. The minimum absolute atomic E-state index is 0.0742. The molecule has 150 valence electrons. The molecule has 2 amide bonds. The van der Waals surface area contributed by atoms with Crippen LogP contribution in [0, 0.1) is 10.1 Å². The van der Waals surface area contributed by atoms with Crippen molar-refractivity contribution in [2.45, 2.75) is 20.0 Å². The molecule has 29 heavy (non-hydrogen) atoms. The van der Waals surface area contributed by atoms with Crippen molar-refractivity contribution in [2.75, 3.05) is 6.54 Å². The van der Waals surface area contributed by atoms with Gasteiger partial charge in [0.1, 0.15) is 18.1 Å². The molecule has 0 spiro atoms. The number of nitro groups is 1. The number of imide groups is 1. The lowest BCUT2D eigenvalue weighted by Gasteiger charge is -2.13. The maximum Gasteiger partial charge on any atom is 0.326 e. The molecule has 0 unspecified atom stereocenters. The predicted octanol–water partition coefficient (Wildman–Crippen LogP) is 3.84. The molecule has 3 rings (SSSR count). The molecule has 1 aliphatic rings. The number of amides is 2. The fourth-order valence-electron chi connectivity index (χ4n) is 2.55. The number of benzene rings is 1. The Morgan fingerprint density at radius 3 is 2.76 bits per heavy atom. The van der Waals surface area contributed by atoms with Crippen LogP contribution in [-0.4, -0.2) is 39.6 Å². The first-order valence-corrected chi connectivity index (χ1v) is 9.36. The quantitative estimate of drug-likeness (QED) is 0.301. The van der Waals surface area contributed by atoms with Crippen molar-refractivity contribution >= 4 is 40.6 Å². The van der Waals surface area contributed by atoms with Gasteiger partial charge in [-0.05, 0) is 37.7 Å². The van der Waals surface area contributed by atoms with E-state index in [1.165, 1.54) is 24.3 Å². The highest BCUT2D eigenvalue weighted by Gasteiger charge is 2.37. The van der Waals surface area contributed by atoms with E-state index in [1.807, 2.05) is 0 Å². The molecule has 10 heteroatoms. The molecular formula is C19H16N2O7S. The second-order valence-electron chi connectivity index (χ2n) is 6.32. The summed E-state index contributed by atoms with van der Waals surface area (Å²) < 4.78 is 10.6. The average Bonchev–Trinajstić information content (AvgIpc) is 3.22. The molecule has 0 atom stereocenters. The van der Waals surface area contributed by atoms with Crippen molar-refractivity contribution in [3.05, 3.63) is 57.2 Å². The van der Waals surface area contributed by atoms with Gasteiger partial charge in [0.25, 0.3) is 16.8 Å². The Labute approximate surface area is 169 Å². The molecule has 1 fully saturated rings. The summed E-state index contributed by atoms with van der Waals surface area (Å²) in [7, 11) is 0. The molecule has 1 aromatic carbocycles. The van der Waals surface area contributed by atoms with Gasteiger partial charge in [-0.3, -0.25) is 29.4 Å². The Balaban J connectivity index is 1.77. The third kappa shape index (κ3) is 4.72. The highest BCUT2D eigenvalue weighted by Crippen LogP contribution is 2.33. The van der Waals surface area contributed by atoms with E-state index < -0.39 is 28.6 Å². The van der Waals surface area contributed by atoms with Crippen molar-refractivity contribution in [1.29, 1.82) is 0 Å². The lowest BCUT2D eigenvalue weighted by molar-refractivity contribution is -0.384. The van der Waals surface area contributed by atoms with Crippen LogP contribution in [-0.2, 0) is 14.3 Å². The van der Waals surface area contributed by atoms with Crippen LogP contribution in [0.2, 0.25) is 0 Å². The number of non-ortho nitro benzene ring substituents is 1. The van der Waals surface area contributed by atoms with E-state index in [2.05, 4.69) is 0 Å². The van der Waals surface area contributed by atoms with Gasteiger partial charge in [-0.15, -0.1) is 0 Å². The van der Waals surface area contributed by atoms with E-state index in [0.717, 1.165) is 4.90 Å². The summed E-state index contributed by atoms with van der Waals surface area (Å²) in [4.78, 5) is 47.5. The molecular weight excluding hydrogens is 400 g/mol. The van der Waals surface area contributed by atoms with Gasteiger partial charge in [0.05, 0.1) is 15.9 Å². The summed E-state index contributed by atoms with van der Waals surface area (Å²) in [6, 6.07) is 9.12. The second-order valence-corrected chi connectivity index (χ2v) is 7.31. The van der Waals surface area contributed by atoms with Gasteiger partial charge in [0.15, 0.2) is 0 Å². The highest BCUT2D eigenvalue weighted by molar-refractivity contribution is 8.18. The van der Waals surface area contributed by atoms with Crippen LogP contribution in [0.5, 0.6) is 0 Å². The van der Waals surface area contributed by atoms with E-state index in [0.29, 0.717) is 28.8 Å². The molecule has 0 saturated carbocycles. The number of hydrogen-bond acceptors (Lipinski definition) is 8. The molecule has 2 aromatic rings. The van der Waals surface area contributed by atoms with Crippen LogP contribution in [0.15, 0.2) is 45.7 Å². The summed E-state index contributed by atoms with van der Waals surface area (Å²) in [5, 5.41) is 10.3. The maximum absolute atomic E-state index is 12.4. The van der Waals surface area contributed by atoms with E-state index in [9.17, 15) is 24.5 Å². The third-order valence-corrected chi connectivity index (χ3v) is 4.68. The van der Waals surface area contributed by atoms with Crippen LogP contribution >= 0.6 is 11.8 Å². The zero-order chi connectivity index (χ0) is 21.1. The first-order chi connectivity index (χ1) is 13.7. The minimum atomic E-state index is -0.672. The number of nitro benzene ring substituents is 1. The number of rotatable bonds is 6. The molecule has 0 N–H and O–H groups in total. The largest absolute Gasteiger partial charge is 0.462 e. The Hall–Kier alpha value is -3.40. The van der Waals surface area contributed by atoms with Crippen LogP contribution < -0.4 is 0 Å². The summed E-state index contributed by atoms with van der Waals surface area (Å²) in [5.74, 6) is -0.620. The Morgan fingerprint density at radius 1 is 1.31 bits per heavy atom. The van der Waals surface area contributed by atoms with Crippen molar-refractivity contribution < 1.29 is 28.5 Å². The van der Waals surface area contributed by atoms with Gasteiger partial charge in [-0.25, -0.2) is 0 Å². The van der Waals surface area contributed by atoms with Crippen molar-refractivity contribution in [3.8, 4) is 11.3 Å². The summed E-state index contributed by atoms with van der Waals surface area (Å²) in [6.45, 7) is 2.88. The average molecular weight is 416 g/mol. The van der Waals surface area contributed by atoms with Gasteiger partial charge < -0.3 is 9.15 Å². The molecule has 1 saturated heterocycles. The molecule has 9 nitrogen and oxygen atoms in total. The van der Waals surface area contributed by atoms with Gasteiger partial charge >= 0.3 is 5.97 Å². The van der Waals surface area contributed by atoms with Crippen molar-refractivity contribution in [1.82, 2.24) is 4.90 Å². The van der Waals surface area contributed by atoms with Gasteiger partial charge in [0.2, 0.25) is 0 Å². The fraction of sp³-hybridized carbons (Fsp3) is 0.211. The lowest BCUT2D eigenvalue weighted by Crippen LogP contribution is -2.35. The van der Waals surface area contributed by atoms with E-state index >= 15 is 0 Å². The van der Waals surface area contributed by atoms with E-state index in [4.69, 9.17) is 9.15 Å². The molecule has 0 bridgehead atoms. The standard InChI is InChI=1S/C19H16N2O7S/c1-11(2)27-17(22)10-20-18(23)16(29-19(20)24)9-14-6-7-15(28-14)12-4-3-5-13(8-12)21(25)26/h3-9,11H,10H2,1-2H3/b16-9-. The topological polar surface area (TPSA) is 120 Å². The number of hydrogen-bond donors (Lipinski definition) is 0. The zero-order valence-electron chi connectivity index (χ0n) is 15.5. The Morgan fingerprint density at radius 2 is 2.07 bits per heavy atom. The number of thioether (sulfide) groups is 1.